The van der Waals surface area contributed by atoms with Crippen molar-refractivity contribution in [2.45, 2.75) is 44.0 Å². The lowest BCUT2D eigenvalue weighted by molar-refractivity contribution is -0.274. The summed E-state index contributed by atoms with van der Waals surface area (Å²) in [6.07, 6.45) is -6.18. The van der Waals surface area contributed by atoms with Gasteiger partial charge in [-0.3, -0.25) is 14.6 Å². The summed E-state index contributed by atoms with van der Waals surface area (Å²) in [5, 5.41) is 23.8. The van der Waals surface area contributed by atoms with E-state index in [9.17, 15) is 33.0 Å². The van der Waals surface area contributed by atoms with Crippen LogP contribution in [0.2, 0.25) is 5.02 Å². The van der Waals surface area contributed by atoms with Gasteiger partial charge in [0.05, 0.1) is 11.7 Å². The second-order valence-electron chi connectivity index (χ2n) is 8.95. The number of pyridine rings is 1. The summed E-state index contributed by atoms with van der Waals surface area (Å²) in [5.74, 6) is -2.15. The van der Waals surface area contributed by atoms with Crippen LogP contribution in [0.25, 0.3) is 11.3 Å². The number of para-hydroxylation sites is 1. The number of rotatable bonds is 8. The average Bonchev–Trinajstić information content (AvgIpc) is 3.40. The zero-order valence-electron chi connectivity index (χ0n) is 20.4. The van der Waals surface area contributed by atoms with E-state index in [0.29, 0.717) is 30.0 Å². The van der Waals surface area contributed by atoms with Crippen molar-refractivity contribution in [1.82, 2.24) is 15.2 Å². The molecule has 2 amide bonds. The number of hydrogen-bond acceptors (Lipinski definition) is 6. The molecule has 8 nitrogen and oxygen atoms in total. The zero-order chi connectivity index (χ0) is 28.2. The number of halogens is 4. The fraction of sp³-hybridized carbons (Fsp3) is 0.296. The van der Waals surface area contributed by atoms with Gasteiger partial charge in [0.1, 0.15) is 5.75 Å². The van der Waals surface area contributed by atoms with Gasteiger partial charge in [-0.15, -0.1) is 13.2 Å². The van der Waals surface area contributed by atoms with Gasteiger partial charge >= 0.3 is 6.36 Å². The van der Waals surface area contributed by atoms with Gasteiger partial charge in [-0.05, 0) is 54.3 Å². The maximum absolute atomic E-state index is 12.9. The predicted octanol–water partition coefficient (Wildman–Crippen LogP) is 4.00. The summed E-state index contributed by atoms with van der Waals surface area (Å²) >= 11 is 6.06. The summed E-state index contributed by atoms with van der Waals surface area (Å²) in [5.41, 5.74) is 1.60. The number of benzene rings is 2. The van der Waals surface area contributed by atoms with Crippen LogP contribution in [-0.4, -0.2) is 57.0 Å². The topological polar surface area (TPSA) is 112 Å². The Balaban J connectivity index is 1.36. The molecule has 0 radical (unpaired) electrons. The Morgan fingerprint density at radius 1 is 1.10 bits per heavy atom. The average molecular weight is 564 g/mol. The number of likely N-dealkylation sites (tertiary alicyclic amines) is 1. The summed E-state index contributed by atoms with van der Waals surface area (Å²) < 4.78 is 42.1. The van der Waals surface area contributed by atoms with Gasteiger partial charge in [0.25, 0.3) is 11.8 Å². The summed E-state index contributed by atoms with van der Waals surface area (Å²) in [4.78, 5) is 31.0. The minimum Gasteiger partial charge on any atom is -0.405 e. The summed E-state index contributed by atoms with van der Waals surface area (Å²) in [7, 11) is 0. The molecule has 0 bridgehead atoms. The smallest absolute Gasteiger partial charge is 0.405 e. The first-order valence-corrected chi connectivity index (χ1v) is 12.4. The Morgan fingerprint density at radius 3 is 2.56 bits per heavy atom. The van der Waals surface area contributed by atoms with Gasteiger partial charge in [0.15, 0.2) is 12.2 Å². The highest BCUT2D eigenvalue weighted by atomic mass is 35.5. The molecule has 3 N–H and O–H groups in total. The van der Waals surface area contributed by atoms with Crippen LogP contribution in [0.5, 0.6) is 5.75 Å². The number of aliphatic hydroxyl groups excluding tert-OH is 2. The molecule has 0 aliphatic carbocycles. The van der Waals surface area contributed by atoms with Gasteiger partial charge in [-0.25, -0.2) is 0 Å². The van der Waals surface area contributed by atoms with E-state index in [0.717, 1.165) is 5.56 Å². The van der Waals surface area contributed by atoms with Crippen LogP contribution >= 0.6 is 11.6 Å². The standard InChI is InChI=1S/C27H25ClF3N3O5/c28-18-6-3-5-17(13-18)21-8-4-12-34(21)26(38)24(36)23(35)25(37)33-15-16-10-11-20(32-14-16)19-7-1-2-9-22(19)39-27(29,30)31/h1-3,5-7,9-11,13-14,21,23-24,35-36H,4,8,12,15H2,(H,33,37)/t21-,23+,24+/m0/s1. The Morgan fingerprint density at radius 2 is 1.87 bits per heavy atom. The van der Waals surface area contributed by atoms with Crippen LogP contribution in [0.15, 0.2) is 66.9 Å². The second kappa shape index (κ2) is 12.0. The molecule has 1 fully saturated rings. The molecule has 39 heavy (non-hydrogen) atoms. The van der Waals surface area contributed by atoms with Crippen molar-refractivity contribution < 1.29 is 37.7 Å². The van der Waals surface area contributed by atoms with Crippen LogP contribution < -0.4 is 10.1 Å². The summed E-state index contributed by atoms with van der Waals surface area (Å²) in [6, 6.07) is 15.2. The monoisotopic (exact) mass is 563 g/mol. The number of aliphatic hydroxyl groups is 2. The number of nitrogens with zero attached hydrogens (tertiary/aromatic N) is 2. The van der Waals surface area contributed by atoms with Crippen molar-refractivity contribution in [1.29, 1.82) is 0 Å². The molecule has 2 heterocycles. The molecular formula is C27H25ClF3N3O5. The lowest BCUT2D eigenvalue weighted by atomic mass is 10.0. The Hall–Kier alpha value is -3.67. The first-order chi connectivity index (χ1) is 18.5. The maximum Gasteiger partial charge on any atom is 0.573 e. The fourth-order valence-electron chi connectivity index (χ4n) is 4.41. The minimum atomic E-state index is -4.86. The number of alkyl halides is 3. The molecule has 2 aromatic carbocycles. The molecule has 0 saturated carbocycles. The van der Waals surface area contributed by atoms with Gasteiger partial charge in [-0.2, -0.15) is 0 Å². The van der Waals surface area contributed by atoms with Crippen molar-refractivity contribution in [2.24, 2.45) is 0 Å². The van der Waals surface area contributed by atoms with Crippen LogP contribution in [0.3, 0.4) is 0 Å². The van der Waals surface area contributed by atoms with Crippen LogP contribution in [0, 0.1) is 0 Å². The molecule has 1 saturated heterocycles. The maximum atomic E-state index is 12.9. The number of carbonyl (C=O) groups is 2. The number of aromatic nitrogens is 1. The highest BCUT2D eigenvalue weighted by Gasteiger charge is 2.38. The van der Waals surface area contributed by atoms with E-state index < -0.39 is 36.1 Å². The summed E-state index contributed by atoms with van der Waals surface area (Å²) in [6.45, 7) is 0.246. The molecule has 0 spiro atoms. The molecule has 0 unspecified atom stereocenters. The van der Waals surface area contributed by atoms with E-state index in [1.54, 1.807) is 24.3 Å². The molecule has 4 rings (SSSR count). The molecule has 1 aliphatic rings. The highest BCUT2D eigenvalue weighted by Crippen LogP contribution is 2.34. The van der Waals surface area contributed by atoms with E-state index in [1.807, 2.05) is 6.07 Å². The number of nitrogens with one attached hydrogen (secondary N) is 1. The minimum absolute atomic E-state index is 0.111. The van der Waals surface area contributed by atoms with E-state index in [4.69, 9.17) is 11.6 Å². The zero-order valence-corrected chi connectivity index (χ0v) is 21.2. The lowest BCUT2D eigenvalue weighted by Crippen LogP contribution is -2.50. The first-order valence-electron chi connectivity index (χ1n) is 12.0. The largest absolute Gasteiger partial charge is 0.573 e. The normalized spacial score (nSPS) is 17.0. The quantitative estimate of drug-likeness (QED) is 0.382. The highest BCUT2D eigenvalue weighted by molar-refractivity contribution is 6.30. The van der Waals surface area contributed by atoms with Gasteiger partial charge < -0.3 is 25.2 Å². The van der Waals surface area contributed by atoms with Crippen molar-refractivity contribution in [2.75, 3.05) is 6.54 Å². The Labute approximate surface area is 227 Å². The van der Waals surface area contributed by atoms with Gasteiger partial charge in [0, 0.05) is 29.9 Å². The Bertz CT molecular complexity index is 1320. The molecular weight excluding hydrogens is 539 g/mol. The SMILES string of the molecule is O=C(NCc1ccc(-c2ccccc2OC(F)(F)F)nc1)[C@H](O)[C@@H](O)C(=O)N1CCC[C@H]1c1cccc(Cl)c1. The molecule has 1 aliphatic heterocycles. The van der Waals surface area contributed by atoms with Crippen molar-refractivity contribution in [3.63, 3.8) is 0 Å². The lowest BCUT2D eigenvalue weighted by Gasteiger charge is -2.28. The molecule has 3 aromatic rings. The van der Waals surface area contributed by atoms with Crippen LogP contribution in [-0.2, 0) is 16.1 Å². The van der Waals surface area contributed by atoms with E-state index >= 15 is 0 Å². The number of carbonyl (C=O) groups excluding carboxylic acids is 2. The van der Waals surface area contributed by atoms with Crippen molar-refractivity contribution in [3.8, 4) is 17.0 Å². The van der Waals surface area contributed by atoms with E-state index in [1.165, 1.54) is 41.4 Å². The number of hydrogen-bond donors (Lipinski definition) is 3. The third kappa shape index (κ3) is 7.05. The van der Waals surface area contributed by atoms with E-state index in [2.05, 4.69) is 15.0 Å². The van der Waals surface area contributed by atoms with Gasteiger partial charge in [-0.1, -0.05) is 41.9 Å². The first kappa shape index (κ1) is 28.3. The number of amides is 2. The Kier molecular flexibility index (Phi) is 8.73. The molecule has 12 heteroatoms. The van der Waals surface area contributed by atoms with Crippen molar-refractivity contribution >= 4 is 23.4 Å². The predicted molar refractivity (Wildman–Crippen MR) is 135 cm³/mol. The van der Waals surface area contributed by atoms with Gasteiger partial charge in [0.2, 0.25) is 0 Å². The third-order valence-electron chi connectivity index (χ3n) is 6.27. The van der Waals surface area contributed by atoms with Crippen molar-refractivity contribution in [3.05, 3.63) is 83.0 Å². The van der Waals surface area contributed by atoms with Crippen LogP contribution in [0.4, 0.5) is 13.2 Å². The van der Waals surface area contributed by atoms with Crippen LogP contribution in [0.1, 0.15) is 30.0 Å². The third-order valence-corrected chi connectivity index (χ3v) is 6.51. The second-order valence-corrected chi connectivity index (χ2v) is 9.38. The van der Waals surface area contributed by atoms with E-state index in [-0.39, 0.29) is 23.8 Å². The fourth-order valence-corrected chi connectivity index (χ4v) is 4.61. The molecule has 3 atom stereocenters. The number of ether oxygens (including phenoxy) is 1. The molecule has 1 aromatic heterocycles. The molecule has 206 valence electrons.